The molecule has 2 heterocycles. The fourth-order valence-electron chi connectivity index (χ4n) is 4.66. The summed E-state index contributed by atoms with van der Waals surface area (Å²) in [4.78, 5) is 1.70. The lowest BCUT2D eigenvalue weighted by molar-refractivity contribution is 0.513. The molecule has 2 N–H and O–H groups in total. The third-order valence-corrected chi connectivity index (χ3v) is 6.34. The molecular weight excluding hydrogens is 514 g/mol. The first-order valence-corrected chi connectivity index (χ1v) is 10.3. The Morgan fingerprint density at radius 3 is 1.13 bits per heavy atom. The Morgan fingerprint density at radius 1 is 0.526 bits per heavy atom. The van der Waals surface area contributed by atoms with Crippen molar-refractivity contribution < 1.29 is 26.3 Å². The molecule has 3 aromatic carbocycles. The van der Waals surface area contributed by atoms with Crippen LogP contribution in [0, 0.1) is 80.2 Å². The molecule has 3 aromatic rings. The Labute approximate surface area is 208 Å². The van der Waals surface area contributed by atoms with E-state index in [4.69, 9.17) is 0 Å². The number of benzene rings is 3. The zero-order valence-corrected chi connectivity index (χ0v) is 19.0. The Kier molecular flexibility index (Phi) is 5.05. The van der Waals surface area contributed by atoms with Gasteiger partial charge >= 0.3 is 0 Å². The normalized spacial score (nSPS) is 13.4. The summed E-state index contributed by atoms with van der Waals surface area (Å²) in [5.41, 5.74) is -4.07. The van der Waals surface area contributed by atoms with E-state index in [1.165, 1.54) is 24.3 Å². The standard InChI is InChI=1S/C24H8F6N8/c1-37-21-17(29)9-10-12(16(28)20-22(18(10)30)38(2)24(36-20)8(5-33)6-34)14(26)13(25)11(9)15(27)19(21)35-23(37)7(3-31)4-32/h35-36H,1-2H3. The minimum Gasteiger partial charge on any atom is -0.336 e. The summed E-state index contributed by atoms with van der Waals surface area (Å²) >= 11 is 0. The topological polar surface area (TPSA) is 126 Å². The molecular formula is C24H8F6N8. The van der Waals surface area contributed by atoms with Gasteiger partial charge in [-0.2, -0.15) is 21.0 Å². The zero-order valence-electron chi connectivity index (χ0n) is 19.0. The maximum atomic E-state index is 16.0. The van der Waals surface area contributed by atoms with Crippen molar-refractivity contribution in [3.05, 3.63) is 57.7 Å². The van der Waals surface area contributed by atoms with E-state index >= 15 is 26.3 Å². The summed E-state index contributed by atoms with van der Waals surface area (Å²) in [6, 6.07) is 6.10. The average molecular weight is 522 g/mol. The highest BCUT2D eigenvalue weighted by atomic mass is 19.2. The van der Waals surface area contributed by atoms with Gasteiger partial charge in [-0.3, -0.25) is 0 Å². The van der Waals surface area contributed by atoms with E-state index in [0.29, 0.717) is 0 Å². The largest absolute Gasteiger partial charge is 0.336 e. The fourth-order valence-corrected chi connectivity index (χ4v) is 4.66. The molecule has 0 atom stereocenters. The Morgan fingerprint density at radius 2 is 0.842 bits per heavy atom. The van der Waals surface area contributed by atoms with Crippen LogP contribution in [0.15, 0.2) is 22.8 Å². The van der Waals surface area contributed by atoms with E-state index in [2.05, 4.69) is 10.6 Å². The predicted octanol–water partition coefficient (Wildman–Crippen LogP) is 5.07. The van der Waals surface area contributed by atoms with Gasteiger partial charge in [0.25, 0.3) is 0 Å². The summed E-state index contributed by atoms with van der Waals surface area (Å²) in [6.45, 7) is 0. The van der Waals surface area contributed by atoms with Crippen molar-refractivity contribution in [1.82, 2.24) is 0 Å². The second-order valence-electron chi connectivity index (χ2n) is 8.09. The molecule has 0 spiro atoms. The maximum Gasteiger partial charge on any atom is 0.170 e. The van der Waals surface area contributed by atoms with E-state index in [1.807, 2.05) is 0 Å². The molecule has 0 saturated heterocycles. The van der Waals surface area contributed by atoms with Crippen molar-refractivity contribution in [2.75, 3.05) is 34.5 Å². The molecule has 0 unspecified atom stereocenters. The van der Waals surface area contributed by atoms with E-state index in [0.717, 1.165) is 23.9 Å². The lowest BCUT2D eigenvalue weighted by Crippen LogP contribution is -2.17. The van der Waals surface area contributed by atoms with Crippen LogP contribution in [0.5, 0.6) is 0 Å². The molecule has 2 aliphatic heterocycles. The van der Waals surface area contributed by atoms with Gasteiger partial charge in [-0.05, 0) is 0 Å². The van der Waals surface area contributed by atoms with E-state index < -0.39 is 90.3 Å². The van der Waals surface area contributed by atoms with Crippen LogP contribution in [0.2, 0.25) is 0 Å². The van der Waals surface area contributed by atoms with Crippen LogP contribution in [-0.4, -0.2) is 14.1 Å². The quantitative estimate of drug-likeness (QED) is 0.238. The molecule has 0 saturated carbocycles. The summed E-state index contributed by atoms with van der Waals surface area (Å²) in [6.07, 6.45) is 0. The Hall–Kier alpha value is -5.60. The third kappa shape index (κ3) is 2.71. The van der Waals surface area contributed by atoms with Crippen LogP contribution in [0.3, 0.4) is 0 Å². The summed E-state index contributed by atoms with van der Waals surface area (Å²) in [5, 5.41) is 36.3. The van der Waals surface area contributed by atoms with Gasteiger partial charge in [-0.15, -0.1) is 0 Å². The number of fused-ring (bicyclic) bond motifs is 5. The number of allylic oxidation sites excluding steroid dienone is 2. The number of hydrogen-bond acceptors (Lipinski definition) is 8. The number of halogens is 6. The lowest BCUT2D eigenvalue weighted by Gasteiger charge is -2.19. The van der Waals surface area contributed by atoms with Gasteiger partial charge in [0.1, 0.15) is 58.7 Å². The van der Waals surface area contributed by atoms with Crippen LogP contribution in [-0.2, 0) is 0 Å². The van der Waals surface area contributed by atoms with E-state index in [9.17, 15) is 21.0 Å². The van der Waals surface area contributed by atoms with Gasteiger partial charge in [-0.1, -0.05) is 0 Å². The molecule has 38 heavy (non-hydrogen) atoms. The van der Waals surface area contributed by atoms with Gasteiger partial charge in [0.05, 0.1) is 10.8 Å². The number of rotatable bonds is 0. The highest BCUT2D eigenvalue weighted by molar-refractivity contribution is 6.15. The Balaban J connectivity index is 2.00. The van der Waals surface area contributed by atoms with Crippen LogP contribution >= 0.6 is 0 Å². The average Bonchev–Trinajstić information content (AvgIpc) is 3.42. The summed E-state index contributed by atoms with van der Waals surface area (Å²) in [5.74, 6) is -11.0. The number of hydrogen-bond donors (Lipinski definition) is 2. The van der Waals surface area contributed by atoms with Crippen LogP contribution in [0.1, 0.15) is 0 Å². The zero-order chi connectivity index (χ0) is 27.8. The fraction of sp³-hybridized carbons (Fsp3) is 0.0833. The summed E-state index contributed by atoms with van der Waals surface area (Å²) < 4.78 is 93.7. The monoisotopic (exact) mass is 522 g/mol. The second-order valence-corrected chi connectivity index (χ2v) is 8.09. The lowest BCUT2D eigenvalue weighted by atomic mass is 9.96. The van der Waals surface area contributed by atoms with Crippen molar-refractivity contribution >= 4 is 44.3 Å². The SMILES string of the molecule is CN1C(=C(C#N)C#N)Nc2c1c(F)c1c(c2F)c(F)c(F)c2c(F)c3c(c(F)c21)N(C)C(=C(C#N)C#N)N3. The molecule has 0 amide bonds. The summed E-state index contributed by atoms with van der Waals surface area (Å²) in [7, 11) is 2.27. The first-order chi connectivity index (χ1) is 18.0. The Bertz CT molecular complexity index is 1750. The smallest absolute Gasteiger partial charge is 0.170 e. The second kappa shape index (κ2) is 7.95. The minimum atomic E-state index is -2.02. The van der Waals surface area contributed by atoms with Crippen molar-refractivity contribution in [3.8, 4) is 24.3 Å². The molecule has 8 nitrogen and oxygen atoms in total. The maximum absolute atomic E-state index is 16.0. The van der Waals surface area contributed by atoms with Gasteiger partial charge < -0.3 is 20.4 Å². The van der Waals surface area contributed by atoms with Crippen LogP contribution in [0.25, 0.3) is 21.5 Å². The predicted molar refractivity (Wildman–Crippen MR) is 122 cm³/mol. The van der Waals surface area contributed by atoms with Crippen molar-refractivity contribution in [2.24, 2.45) is 0 Å². The van der Waals surface area contributed by atoms with E-state index in [-0.39, 0.29) is 11.6 Å². The molecule has 2 aliphatic rings. The van der Waals surface area contributed by atoms with Crippen molar-refractivity contribution in [3.63, 3.8) is 0 Å². The molecule has 0 bridgehead atoms. The van der Waals surface area contributed by atoms with Gasteiger partial charge in [0, 0.05) is 24.9 Å². The van der Waals surface area contributed by atoms with Crippen LogP contribution < -0.4 is 20.4 Å². The molecule has 186 valence electrons. The highest BCUT2D eigenvalue weighted by Gasteiger charge is 2.39. The molecule has 0 aromatic heterocycles. The first-order valence-electron chi connectivity index (χ1n) is 10.3. The molecule has 14 heteroatoms. The first kappa shape index (κ1) is 24.1. The van der Waals surface area contributed by atoms with Gasteiger partial charge in [0.2, 0.25) is 0 Å². The van der Waals surface area contributed by atoms with Crippen LogP contribution in [0.4, 0.5) is 49.1 Å². The van der Waals surface area contributed by atoms with E-state index in [1.54, 1.807) is 0 Å². The minimum absolute atomic E-state index is 0.380. The van der Waals surface area contributed by atoms with Gasteiger partial charge in [-0.25, -0.2) is 26.3 Å². The molecule has 0 radical (unpaired) electrons. The van der Waals surface area contributed by atoms with Gasteiger partial charge in [0.15, 0.2) is 46.0 Å². The third-order valence-electron chi connectivity index (χ3n) is 6.34. The van der Waals surface area contributed by atoms with Crippen molar-refractivity contribution in [2.45, 2.75) is 0 Å². The number of nitrogens with zero attached hydrogens (tertiary/aromatic N) is 6. The number of anilines is 4. The number of nitrogens with one attached hydrogen (secondary N) is 2. The molecule has 0 aliphatic carbocycles. The van der Waals surface area contributed by atoms with Crippen molar-refractivity contribution in [1.29, 1.82) is 21.0 Å². The number of nitriles is 4. The molecule has 5 rings (SSSR count). The molecule has 0 fully saturated rings. The highest BCUT2D eigenvalue weighted by Crippen LogP contribution is 2.51.